The van der Waals surface area contributed by atoms with E-state index >= 15 is 0 Å². The second kappa shape index (κ2) is 3.59. The van der Waals surface area contributed by atoms with Gasteiger partial charge in [0.05, 0.1) is 0 Å². The second-order valence-corrected chi connectivity index (χ2v) is 5.10. The maximum absolute atomic E-state index is 10.7. The van der Waals surface area contributed by atoms with Gasteiger partial charge < -0.3 is 0 Å². The molecule has 0 fully saturated rings. The van der Waals surface area contributed by atoms with Gasteiger partial charge in [-0.25, -0.2) is 0 Å². The predicted octanol–water partition coefficient (Wildman–Crippen LogP) is 3.61. The molecule has 0 amide bonds. The minimum absolute atomic E-state index is 0.764. The molecule has 0 N–H and O–H groups in total. The number of hydrogen-bond acceptors (Lipinski definition) is 3. The van der Waals surface area contributed by atoms with E-state index in [2.05, 4.69) is 35.2 Å². The first kappa shape index (κ1) is 9.48. The Bertz CT molecular complexity index is 476. The van der Waals surface area contributed by atoms with Crippen LogP contribution in [0.5, 0.6) is 0 Å². The third-order valence-electron chi connectivity index (χ3n) is 1.81. The largest absolute Gasteiger partial charge is 0.298 e. The number of fused-ring (bicyclic) bond motifs is 1. The lowest BCUT2D eigenvalue weighted by Crippen LogP contribution is -1.79. The maximum Gasteiger partial charge on any atom is 0.151 e. The number of thiol groups is 1. The molecule has 0 aliphatic carbocycles. The molecule has 66 valence electrons. The summed E-state index contributed by atoms with van der Waals surface area (Å²) in [4.78, 5) is 11.7. The molecule has 0 unspecified atom stereocenters. The van der Waals surface area contributed by atoms with Gasteiger partial charge in [-0.1, -0.05) is 0 Å². The average molecular weight is 320 g/mol. The highest BCUT2D eigenvalue weighted by Crippen LogP contribution is 2.33. The van der Waals surface area contributed by atoms with Crippen molar-refractivity contribution in [1.82, 2.24) is 0 Å². The molecule has 1 aromatic carbocycles. The fraction of sp³-hybridized carbons (Fsp3) is 0. The van der Waals surface area contributed by atoms with Gasteiger partial charge in [0, 0.05) is 29.5 Å². The summed E-state index contributed by atoms with van der Waals surface area (Å²) < 4.78 is 2.20. The summed E-state index contributed by atoms with van der Waals surface area (Å²) in [6.07, 6.45) is 0.897. The summed E-state index contributed by atoms with van der Waals surface area (Å²) in [5.74, 6) is 0. The lowest BCUT2D eigenvalue weighted by Gasteiger charge is -1.97. The number of carbonyl (C=O) groups excluding carboxylic acids is 1. The Labute approximate surface area is 98.7 Å². The topological polar surface area (TPSA) is 17.1 Å². The predicted molar refractivity (Wildman–Crippen MR) is 67.2 cm³/mol. The number of halogens is 1. The molecule has 0 aliphatic rings. The van der Waals surface area contributed by atoms with Gasteiger partial charge in [0.25, 0.3) is 0 Å². The van der Waals surface area contributed by atoms with Gasteiger partial charge in [-0.05, 0) is 34.7 Å². The molecule has 0 bridgehead atoms. The van der Waals surface area contributed by atoms with Crippen molar-refractivity contribution in [2.75, 3.05) is 0 Å². The molecule has 4 heteroatoms. The molecule has 13 heavy (non-hydrogen) atoms. The Hall–Kier alpha value is -0.0700. The van der Waals surface area contributed by atoms with Crippen LogP contribution in [0.2, 0.25) is 0 Å². The molecule has 0 saturated heterocycles. The van der Waals surface area contributed by atoms with Gasteiger partial charge in [0.15, 0.2) is 6.29 Å². The highest BCUT2D eigenvalue weighted by atomic mass is 127. The first-order chi connectivity index (χ1) is 6.24. The standard InChI is InChI=1S/C9H5IOS2/c10-6-1-2-7(12)9-8(6)5(3-11)4-13-9/h1-4,12H. The van der Waals surface area contributed by atoms with E-state index in [1.54, 1.807) is 11.3 Å². The van der Waals surface area contributed by atoms with E-state index < -0.39 is 0 Å². The number of carbonyl (C=O) groups is 1. The number of hydrogen-bond donors (Lipinski definition) is 1. The van der Waals surface area contributed by atoms with Crippen LogP contribution in [0.15, 0.2) is 22.4 Å². The molecule has 2 aromatic rings. The lowest BCUT2D eigenvalue weighted by molar-refractivity contribution is 0.112. The molecule has 0 aliphatic heterocycles. The zero-order valence-corrected chi connectivity index (χ0v) is 10.3. The van der Waals surface area contributed by atoms with Gasteiger partial charge >= 0.3 is 0 Å². The molecule has 2 rings (SSSR count). The summed E-state index contributed by atoms with van der Waals surface area (Å²) >= 11 is 8.14. The van der Waals surface area contributed by atoms with Crippen molar-refractivity contribution in [2.45, 2.75) is 4.90 Å². The molecule has 1 aromatic heterocycles. The van der Waals surface area contributed by atoms with Crippen LogP contribution in [-0.2, 0) is 0 Å². The van der Waals surface area contributed by atoms with Crippen LogP contribution in [0, 0.1) is 3.57 Å². The normalized spacial score (nSPS) is 10.6. The molecule has 0 atom stereocenters. The Morgan fingerprint density at radius 3 is 2.92 bits per heavy atom. The van der Waals surface area contributed by atoms with Crippen LogP contribution in [0.1, 0.15) is 10.4 Å². The molecule has 0 spiro atoms. The van der Waals surface area contributed by atoms with E-state index in [0.29, 0.717) is 0 Å². The van der Waals surface area contributed by atoms with Gasteiger partial charge in [-0.15, -0.1) is 24.0 Å². The molecular formula is C9H5IOS2. The lowest BCUT2D eigenvalue weighted by atomic mass is 10.2. The molecule has 1 heterocycles. The zero-order chi connectivity index (χ0) is 9.42. The number of rotatable bonds is 1. The van der Waals surface area contributed by atoms with Gasteiger partial charge in [0.1, 0.15) is 0 Å². The van der Waals surface area contributed by atoms with Gasteiger partial charge in [0.2, 0.25) is 0 Å². The third kappa shape index (κ3) is 1.51. The summed E-state index contributed by atoms with van der Waals surface area (Å²) in [6, 6.07) is 3.93. The van der Waals surface area contributed by atoms with E-state index in [-0.39, 0.29) is 0 Å². The quantitative estimate of drug-likeness (QED) is 0.483. The van der Waals surface area contributed by atoms with Crippen molar-refractivity contribution < 1.29 is 4.79 Å². The van der Waals surface area contributed by atoms with E-state index in [9.17, 15) is 4.79 Å². The van der Waals surface area contributed by atoms with E-state index in [4.69, 9.17) is 0 Å². The Kier molecular flexibility index (Phi) is 2.62. The molecular weight excluding hydrogens is 315 g/mol. The Morgan fingerprint density at radius 1 is 1.46 bits per heavy atom. The van der Waals surface area contributed by atoms with Crippen LogP contribution in [-0.4, -0.2) is 6.29 Å². The van der Waals surface area contributed by atoms with Crippen molar-refractivity contribution in [3.63, 3.8) is 0 Å². The zero-order valence-electron chi connectivity index (χ0n) is 6.45. The SMILES string of the molecule is O=Cc1csc2c(S)ccc(I)c12. The minimum atomic E-state index is 0.764. The van der Waals surface area contributed by atoms with E-state index in [1.165, 1.54) is 0 Å². The average Bonchev–Trinajstić information content (AvgIpc) is 2.56. The number of aldehydes is 1. The van der Waals surface area contributed by atoms with Crippen molar-refractivity contribution in [1.29, 1.82) is 0 Å². The molecule has 1 nitrogen and oxygen atoms in total. The highest BCUT2D eigenvalue weighted by Gasteiger charge is 2.08. The third-order valence-corrected chi connectivity index (χ3v) is 4.26. The maximum atomic E-state index is 10.7. The van der Waals surface area contributed by atoms with Crippen LogP contribution in [0.25, 0.3) is 10.1 Å². The van der Waals surface area contributed by atoms with Crippen molar-refractivity contribution in [3.05, 3.63) is 26.6 Å². The molecule has 0 radical (unpaired) electrons. The minimum Gasteiger partial charge on any atom is -0.298 e. The van der Waals surface area contributed by atoms with Crippen LogP contribution in [0.3, 0.4) is 0 Å². The van der Waals surface area contributed by atoms with Crippen molar-refractivity contribution in [3.8, 4) is 0 Å². The van der Waals surface area contributed by atoms with E-state index in [0.717, 1.165) is 30.4 Å². The summed E-state index contributed by atoms with van der Waals surface area (Å²) in [5, 5.41) is 2.91. The fourth-order valence-electron chi connectivity index (χ4n) is 1.20. The first-order valence-corrected chi connectivity index (χ1v) is 5.98. The smallest absolute Gasteiger partial charge is 0.151 e. The summed E-state index contributed by atoms with van der Waals surface area (Å²) in [7, 11) is 0. The van der Waals surface area contributed by atoms with Crippen LogP contribution in [0.4, 0.5) is 0 Å². The van der Waals surface area contributed by atoms with Crippen LogP contribution < -0.4 is 0 Å². The highest BCUT2D eigenvalue weighted by molar-refractivity contribution is 14.1. The second-order valence-electron chi connectivity index (χ2n) is 2.58. The Morgan fingerprint density at radius 2 is 2.23 bits per heavy atom. The number of thiophene rings is 1. The fourth-order valence-corrected chi connectivity index (χ4v) is 3.44. The number of benzene rings is 1. The summed E-state index contributed by atoms with van der Waals surface area (Å²) in [6.45, 7) is 0. The summed E-state index contributed by atoms with van der Waals surface area (Å²) in [5.41, 5.74) is 0.764. The van der Waals surface area contributed by atoms with Gasteiger partial charge in [-0.3, -0.25) is 4.79 Å². The Balaban J connectivity index is 2.95. The van der Waals surface area contributed by atoms with Crippen molar-refractivity contribution in [2.24, 2.45) is 0 Å². The van der Waals surface area contributed by atoms with Gasteiger partial charge in [-0.2, -0.15) is 0 Å². The first-order valence-electron chi connectivity index (χ1n) is 3.58. The van der Waals surface area contributed by atoms with Crippen LogP contribution >= 0.6 is 46.6 Å². The molecule has 0 saturated carbocycles. The van der Waals surface area contributed by atoms with E-state index in [1.807, 2.05) is 17.5 Å². The monoisotopic (exact) mass is 320 g/mol. The van der Waals surface area contributed by atoms with Crippen molar-refractivity contribution >= 4 is 62.9 Å².